The van der Waals surface area contributed by atoms with Crippen molar-refractivity contribution in [1.29, 1.82) is 0 Å². The van der Waals surface area contributed by atoms with Gasteiger partial charge in [0, 0.05) is 19.1 Å². The molecular formula is C17H24N2O. The molecule has 2 saturated heterocycles. The number of hydrogen-bond donors (Lipinski definition) is 1. The van der Waals surface area contributed by atoms with Crippen LogP contribution in [-0.2, 0) is 11.2 Å². The molecule has 1 N–H and O–H groups in total. The predicted molar refractivity (Wildman–Crippen MR) is 80.7 cm³/mol. The average Bonchev–Trinajstić information content (AvgIpc) is 2.90. The fourth-order valence-corrected chi connectivity index (χ4v) is 3.54. The Morgan fingerprint density at radius 1 is 1.35 bits per heavy atom. The minimum absolute atomic E-state index is 0.295. The highest BCUT2D eigenvalue weighted by Gasteiger charge is 2.34. The maximum Gasteiger partial charge on any atom is 0.227 e. The van der Waals surface area contributed by atoms with Gasteiger partial charge in [-0.1, -0.05) is 23.8 Å². The van der Waals surface area contributed by atoms with Gasteiger partial charge in [0.2, 0.25) is 5.91 Å². The number of piperidine rings is 1. The van der Waals surface area contributed by atoms with Crippen molar-refractivity contribution in [3.63, 3.8) is 0 Å². The van der Waals surface area contributed by atoms with Gasteiger partial charge in [0.05, 0.1) is 6.42 Å². The van der Waals surface area contributed by atoms with Crippen LogP contribution < -0.4 is 5.32 Å². The molecule has 1 aromatic rings. The minimum atomic E-state index is 0.295. The number of hydrogen-bond acceptors (Lipinski definition) is 2. The van der Waals surface area contributed by atoms with Crippen LogP contribution in [0.2, 0.25) is 0 Å². The van der Waals surface area contributed by atoms with Gasteiger partial charge < -0.3 is 10.2 Å². The normalized spacial score (nSPS) is 25.6. The zero-order chi connectivity index (χ0) is 14.1. The number of carbonyl (C=O) groups excluding carboxylic acids is 1. The zero-order valence-electron chi connectivity index (χ0n) is 12.5. The van der Waals surface area contributed by atoms with Gasteiger partial charge >= 0.3 is 0 Å². The summed E-state index contributed by atoms with van der Waals surface area (Å²) < 4.78 is 0. The molecule has 108 valence electrons. The summed E-state index contributed by atoms with van der Waals surface area (Å²) in [5, 5.41) is 3.55. The van der Waals surface area contributed by atoms with E-state index < -0.39 is 0 Å². The Hall–Kier alpha value is -1.35. The molecule has 1 aromatic carbocycles. The molecule has 3 heteroatoms. The van der Waals surface area contributed by atoms with Crippen molar-refractivity contribution in [3.05, 3.63) is 34.9 Å². The van der Waals surface area contributed by atoms with Crippen LogP contribution in [0.1, 0.15) is 29.5 Å². The lowest BCUT2D eigenvalue weighted by Crippen LogP contribution is -2.47. The smallest absolute Gasteiger partial charge is 0.227 e. The third-order valence-electron chi connectivity index (χ3n) is 4.85. The fraction of sp³-hybridized carbons (Fsp3) is 0.588. The molecule has 2 aliphatic rings. The molecule has 1 amide bonds. The van der Waals surface area contributed by atoms with E-state index in [0.29, 0.717) is 24.3 Å². The first-order valence-corrected chi connectivity index (χ1v) is 7.71. The number of nitrogens with one attached hydrogen (secondary N) is 1. The van der Waals surface area contributed by atoms with E-state index in [0.717, 1.165) is 26.1 Å². The zero-order valence-corrected chi connectivity index (χ0v) is 12.5. The molecule has 2 aliphatic heterocycles. The van der Waals surface area contributed by atoms with E-state index in [9.17, 15) is 4.79 Å². The molecule has 2 heterocycles. The third kappa shape index (κ3) is 2.73. The minimum Gasteiger partial charge on any atom is -0.342 e. The number of rotatable bonds is 2. The van der Waals surface area contributed by atoms with Crippen LogP contribution in [0.25, 0.3) is 0 Å². The number of carbonyl (C=O) groups is 1. The monoisotopic (exact) mass is 272 g/mol. The van der Waals surface area contributed by atoms with E-state index in [1.165, 1.54) is 23.1 Å². The van der Waals surface area contributed by atoms with E-state index in [1.54, 1.807) is 0 Å². The summed E-state index contributed by atoms with van der Waals surface area (Å²) in [4.78, 5) is 14.6. The number of benzene rings is 1. The first-order chi connectivity index (χ1) is 9.63. The van der Waals surface area contributed by atoms with Gasteiger partial charge in [0.15, 0.2) is 0 Å². The molecule has 2 unspecified atom stereocenters. The Labute approximate surface area is 121 Å². The van der Waals surface area contributed by atoms with Crippen molar-refractivity contribution in [2.75, 3.05) is 19.6 Å². The second kappa shape index (κ2) is 5.57. The lowest BCUT2D eigenvalue weighted by Gasteiger charge is -2.35. The van der Waals surface area contributed by atoms with Crippen LogP contribution in [0, 0.1) is 19.8 Å². The lowest BCUT2D eigenvalue weighted by atomic mass is 9.92. The lowest BCUT2D eigenvalue weighted by molar-refractivity contribution is -0.132. The Bertz CT molecular complexity index is 512. The second-order valence-electron chi connectivity index (χ2n) is 6.34. The molecular weight excluding hydrogens is 248 g/mol. The summed E-state index contributed by atoms with van der Waals surface area (Å²) in [5.74, 6) is 0.968. The SMILES string of the molecule is Cc1ccc(C)c(CC(=O)N2CCC3NCCC3C2)c1. The number of aryl methyl sites for hydroxylation is 2. The first-order valence-electron chi connectivity index (χ1n) is 7.71. The Morgan fingerprint density at radius 2 is 2.20 bits per heavy atom. The molecule has 2 atom stereocenters. The first kappa shape index (κ1) is 13.6. The molecule has 0 aromatic heterocycles. The molecule has 2 fully saturated rings. The van der Waals surface area contributed by atoms with E-state index in [1.807, 2.05) is 0 Å². The summed E-state index contributed by atoms with van der Waals surface area (Å²) in [6.07, 6.45) is 2.89. The van der Waals surface area contributed by atoms with Crippen LogP contribution in [0.3, 0.4) is 0 Å². The Morgan fingerprint density at radius 3 is 3.05 bits per heavy atom. The van der Waals surface area contributed by atoms with E-state index in [2.05, 4.69) is 42.3 Å². The van der Waals surface area contributed by atoms with E-state index in [4.69, 9.17) is 0 Å². The highest BCUT2D eigenvalue weighted by molar-refractivity contribution is 5.79. The van der Waals surface area contributed by atoms with E-state index in [-0.39, 0.29) is 0 Å². The number of likely N-dealkylation sites (tertiary alicyclic amines) is 1. The van der Waals surface area contributed by atoms with Crippen molar-refractivity contribution in [1.82, 2.24) is 10.2 Å². The Balaban J connectivity index is 1.65. The summed E-state index contributed by atoms with van der Waals surface area (Å²) in [5.41, 5.74) is 3.64. The third-order valence-corrected chi connectivity index (χ3v) is 4.85. The van der Waals surface area contributed by atoms with Gasteiger partial charge in [0.25, 0.3) is 0 Å². The largest absolute Gasteiger partial charge is 0.342 e. The molecule has 0 radical (unpaired) electrons. The highest BCUT2D eigenvalue weighted by atomic mass is 16.2. The average molecular weight is 272 g/mol. The van der Waals surface area contributed by atoms with E-state index >= 15 is 0 Å². The summed E-state index contributed by atoms with van der Waals surface area (Å²) in [6, 6.07) is 7.03. The van der Waals surface area contributed by atoms with Gasteiger partial charge in [-0.15, -0.1) is 0 Å². The van der Waals surface area contributed by atoms with Gasteiger partial charge in [-0.05, 0) is 50.3 Å². The molecule has 20 heavy (non-hydrogen) atoms. The molecule has 3 rings (SSSR count). The van der Waals surface area contributed by atoms with Crippen molar-refractivity contribution >= 4 is 5.91 Å². The van der Waals surface area contributed by atoms with Crippen molar-refractivity contribution in [2.24, 2.45) is 5.92 Å². The number of fused-ring (bicyclic) bond motifs is 1. The molecule has 0 spiro atoms. The highest BCUT2D eigenvalue weighted by Crippen LogP contribution is 2.25. The number of amides is 1. The second-order valence-corrected chi connectivity index (χ2v) is 6.34. The van der Waals surface area contributed by atoms with Crippen LogP contribution in [0.15, 0.2) is 18.2 Å². The fourth-order valence-electron chi connectivity index (χ4n) is 3.54. The standard InChI is InChI=1S/C17H24N2O/c1-12-3-4-13(2)15(9-12)10-17(20)19-8-6-16-14(11-19)5-7-18-16/h3-4,9,14,16,18H,5-8,10-11H2,1-2H3. The molecule has 3 nitrogen and oxygen atoms in total. The predicted octanol–water partition coefficient (Wildman–Crippen LogP) is 2.06. The summed E-state index contributed by atoms with van der Waals surface area (Å²) in [6.45, 7) is 7.16. The maximum atomic E-state index is 12.5. The van der Waals surface area contributed by atoms with Crippen molar-refractivity contribution in [2.45, 2.75) is 39.2 Å². The quantitative estimate of drug-likeness (QED) is 0.894. The number of nitrogens with zero attached hydrogens (tertiary/aromatic N) is 1. The van der Waals surface area contributed by atoms with Crippen molar-refractivity contribution in [3.8, 4) is 0 Å². The van der Waals surface area contributed by atoms with Crippen molar-refractivity contribution < 1.29 is 4.79 Å². The van der Waals surface area contributed by atoms with Gasteiger partial charge in [0.1, 0.15) is 0 Å². The summed E-state index contributed by atoms with van der Waals surface area (Å²) >= 11 is 0. The topological polar surface area (TPSA) is 32.3 Å². The Kier molecular flexibility index (Phi) is 3.79. The molecule has 0 aliphatic carbocycles. The maximum absolute atomic E-state index is 12.5. The van der Waals surface area contributed by atoms with Crippen LogP contribution in [-0.4, -0.2) is 36.5 Å². The molecule has 0 saturated carbocycles. The van der Waals surface area contributed by atoms with Crippen LogP contribution >= 0.6 is 0 Å². The molecule has 0 bridgehead atoms. The van der Waals surface area contributed by atoms with Crippen LogP contribution in [0.5, 0.6) is 0 Å². The summed E-state index contributed by atoms with van der Waals surface area (Å²) in [7, 11) is 0. The van der Waals surface area contributed by atoms with Gasteiger partial charge in [-0.2, -0.15) is 0 Å². The van der Waals surface area contributed by atoms with Crippen LogP contribution in [0.4, 0.5) is 0 Å². The van der Waals surface area contributed by atoms with Gasteiger partial charge in [-0.25, -0.2) is 0 Å². The van der Waals surface area contributed by atoms with Gasteiger partial charge in [-0.3, -0.25) is 4.79 Å².